The van der Waals surface area contributed by atoms with Gasteiger partial charge in [-0.05, 0) is 39.8 Å². The summed E-state index contributed by atoms with van der Waals surface area (Å²) in [6, 6.07) is -0.305. The van der Waals surface area contributed by atoms with Crippen LogP contribution < -0.4 is 5.32 Å². The number of alkyl halides is 2. The highest BCUT2D eigenvalue weighted by Crippen LogP contribution is 2.31. The highest BCUT2D eigenvalue weighted by molar-refractivity contribution is 5.73. The standard InChI is InChI=1S/C14H25F2N3O/c1-10(2)18-6-4-12(5-7-18)19-8-13(17-11(3)20)14(15,16)9-19/h10,12-13H,4-9H2,1-3H3,(H,17,20). The van der Waals surface area contributed by atoms with Crippen molar-refractivity contribution in [2.75, 3.05) is 26.2 Å². The summed E-state index contributed by atoms with van der Waals surface area (Å²) in [5.74, 6) is -3.20. The lowest BCUT2D eigenvalue weighted by atomic mass is 10.0. The molecule has 1 atom stereocenters. The minimum Gasteiger partial charge on any atom is -0.346 e. The number of likely N-dealkylation sites (tertiary alicyclic amines) is 2. The molecule has 2 rings (SSSR count). The van der Waals surface area contributed by atoms with Crippen molar-refractivity contribution in [2.24, 2.45) is 0 Å². The van der Waals surface area contributed by atoms with Crippen LogP contribution in [0.1, 0.15) is 33.6 Å². The summed E-state index contributed by atoms with van der Waals surface area (Å²) in [6.07, 6.45) is 1.86. The van der Waals surface area contributed by atoms with E-state index in [1.165, 1.54) is 6.92 Å². The summed E-state index contributed by atoms with van der Waals surface area (Å²) in [5, 5.41) is 2.39. The number of carbonyl (C=O) groups is 1. The quantitative estimate of drug-likeness (QED) is 0.851. The van der Waals surface area contributed by atoms with Gasteiger partial charge in [0, 0.05) is 25.6 Å². The molecule has 0 bridgehead atoms. The first-order chi connectivity index (χ1) is 9.29. The molecule has 2 saturated heterocycles. The zero-order valence-electron chi connectivity index (χ0n) is 12.5. The van der Waals surface area contributed by atoms with Crippen LogP contribution in [-0.2, 0) is 4.79 Å². The van der Waals surface area contributed by atoms with Crippen LogP contribution >= 0.6 is 0 Å². The minimum absolute atomic E-state index is 0.217. The Morgan fingerprint density at radius 3 is 2.40 bits per heavy atom. The van der Waals surface area contributed by atoms with Crippen LogP contribution in [0.3, 0.4) is 0 Å². The van der Waals surface area contributed by atoms with Crippen LogP contribution in [0, 0.1) is 0 Å². The Hall–Kier alpha value is -0.750. The largest absolute Gasteiger partial charge is 0.346 e. The van der Waals surface area contributed by atoms with Gasteiger partial charge in [0.05, 0.1) is 6.54 Å². The van der Waals surface area contributed by atoms with Crippen molar-refractivity contribution in [1.29, 1.82) is 0 Å². The molecule has 20 heavy (non-hydrogen) atoms. The Morgan fingerprint density at radius 1 is 1.30 bits per heavy atom. The van der Waals surface area contributed by atoms with Gasteiger partial charge in [-0.2, -0.15) is 0 Å². The van der Waals surface area contributed by atoms with Crippen LogP contribution in [0.4, 0.5) is 8.78 Å². The van der Waals surface area contributed by atoms with Crippen molar-refractivity contribution in [2.45, 2.75) is 57.7 Å². The fourth-order valence-electron chi connectivity index (χ4n) is 3.26. The number of nitrogens with one attached hydrogen (secondary N) is 1. The highest BCUT2D eigenvalue weighted by Gasteiger charge is 2.50. The average Bonchev–Trinajstić information content (AvgIpc) is 2.64. The Morgan fingerprint density at radius 2 is 1.90 bits per heavy atom. The fraction of sp³-hybridized carbons (Fsp3) is 0.929. The first-order valence-electron chi connectivity index (χ1n) is 7.42. The molecule has 0 saturated carbocycles. The van der Waals surface area contributed by atoms with Crippen LogP contribution in [-0.4, -0.2) is 65.9 Å². The number of hydrogen-bond acceptors (Lipinski definition) is 3. The number of halogens is 2. The molecule has 0 aliphatic carbocycles. The van der Waals surface area contributed by atoms with Gasteiger partial charge in [-0.15, -0.1) is 0 Å². The summed E-state index contributed by atoms with van der Waals surface area (Å²) in [4.78, 5) is 15.3. The van der Waals surface area contributed by atoms with E-state index >= 15 is 0 Å². The first-order valence-corrected chi connectivity index (χ1v) is 7.42. The Kier molecular flexibility index (Phi) is 4.64. The fourth-order valence-corrected chi connectivity index (χ4v) is 3.26. The monoisotopic (exact) mass is 289 g/mol. The van der Waals surface area contributed by atoms with E-state index in [-0.39, 0.29) is 25.0 Å². The second-order valence-electron chi connectivity index (χ2n) is 6.30. The van der Waals surface area contributed by atoms with Gasteiger partial charge in [0.1, 0.15) is 6.04 Å². The van der Waals surface area contributed by atoms with E-state index in [1.54, 1.807) is 0 Å². The van der Waals surface area contributed by atoms with Crippen LogP contribution in [0.15, 0.2) is 0 Å². The van der Waals surface area contributed by atoms with Crippen LogP contribution in [0.25, 0.3) is 0 Å². The molecule has 0 aromatic rings. The molecule has 0 spiro atoms. The van der Waals surface area contributed by atoms with Gasteiger partial charge >= 0.3 is 0 Å². The number of piperidine rings is 1. The van der Waals surface area contributed by atoms with Gasteiger partial charge in [0.15, 0.2) is 0 Å². The Labute approximate surface area is 119 Å². The minimum atomic E-state index is -2.82. The number of carbonyl (C=O) groups excluding carboxylic acids is 1. The number of amides is 1. The van der Waals surface area contributed by atoms with Crippen LogP contribution in [0.5, 0.6) is 0 Å². The Bertz CT molecular complexity index is 354. The molecular formula is C14H25F2N3O. The molecule has 0 radical (unpaired) electrons. The second kappa shape index (κ2) is 5.93. The maximum atomic E-state index is 13.9. The van der Waals surface area contributed by atoms with E-state index in [4.69, 9.17) is 0 Å². The van der Waals surface area contributed by atoms with Gasteiger partial charge in [-0.25, -0.2) is 8.78 Å². The number of rotatable bonds is 3. The van der Waals surface area contributed by atoms with Crippen molar-refractivity contribution < 1.29 is 13.6 Å². The molecular weight excluding hydrogens is 264 g/mol. The Balaban J connectivity index is 1.90. The third kappa shape index (κ3) is 3.47. The summed E-state index contributed by atoms with van der Waals surface area (Å²) in [7, 11) is 0. The van der Waals surface area contributed by atoms with E-state index < -0.39 is 12.0 Å². The maximum Gasteiger partial charge on any atom is 0.281 e. The molecule has 2 fully saturated rings. The zero-order valence-corrected chi connectivity index (χ0v) is 12.5. The van der Waals surface area contributed by atoms with Gasteiger partial charge in [0.2, 0.25) is 5.91 Å². The molecule has 1 N–H and O–H groups in total. The second-order valence-corrected chi connectivity index (χ2v) is 6.30. The van der Waals surface area contributed by atoms with Crippen molar-refractivity contribution in [3.8, 4) is 0 Å². The van der Waals surface area contributed by atoms with Gasteiger partial charge < -0.3 is 10.2 Å². The van der Waals surface area contributed by atoms with E-state index in [2.05, 4.69) is 24.1 Å². The van der Waals surface area contributed by atoms with E-state index in [0.717, 1.165) is 25.9 Å². The topological polar surface area (TPSA) is 35.6 Å². The first kappa shape index (κ1) is 15.6. The smallest absolute Gasteiger partial charge is 0.281 e. The predicted octanol–water partition coefficient (Wildman–Crippen LogP) is 1.31. The third-order valence-corrected chi connectivity index (χ3v) is 4.46. The molecule has 4 nitrogen and oxygen atoms in total. The van der Waals surface area contributed by atoms with Crippen molar-refractivity contribution >= 4 is 5.91 Å². The normalized spacial score (nSPS) is 29.0. The zero-order chi connectivity index (χ0) is 14.9. The van der Waals surface area contributed by atoms with Crippen LogP contribution in [0.2, 0.25) is 0 Å². The van der Waals surface area contributed by atoms with Crippen molar-refractivity contribution in [1.82, 2.24) is 15.1 Å². The lowest BCUT2D eigenvalue weighted by Crippen LogP contribution is -2.47. The van der Waals surface area contributed by atoms with E-state index in [0.29, 0.717) is 6.04 Å². The molecule has 116 valence electrons. The summed E-state index contributed by atoms with van der Waals surface area (Å²) >= 11 is 0. The molecule has 1 amide bonds. The summed E-state index contributed by atoms with van der Waals surface area (Å²) < 4.78 is 27.8. The van der Waals surface area contributed by atoms with Gasteiger partial charge in [-0.3, -0.25) is 9.69 Å². The lowest BCUT2D eigenvalue weighted by Gasteiger charge is -2.38. The summed E-state index contributed by atoms with van der Waals surface area (Å²) in [6.45, 7) is 7.59. The predicted molar refractivity (Wildman–Crippen MR) is 73.9 cm³/mol. The average molecular weight is 289 g/mol. The molecule has 6 heteroatoms. The maximum absolute atomic E-state index is 13.9. The van der Waals surface area contributed by atoms with Crippen molar-refractivity contribution in [3.63, 3.8) is 0 Å². The molecule has 0 aromatic heterocycles. The summed E-state index contributed by atoms with van der Waals surface area (Å²) in [5.41, 5.74) is 0. The molecule has 1 unspecified atom stereocenters. The van der Waals surface area contributed by atoms with Gasteiger partial charge in [0.25, 0.3) is 5.92 Å². The van der Waals surface area contributed by atoms with E-state index in [9.17, 15) is 13.6 Å². The molecule has 2 aliphatic rings. The SMILES string of the molecule is CC(=O)NC1CN(C2CCN(C(C)C)CC2)CC1(F)F. The lowest BCUT2D eigenvalue weighted by molar-refractivity contribution is -0.122. The van der Waals surface area contributed by atoms with E-state index in [1.807, 2.05) is 4.90 Å². The molecule has 0 aromatic carbocycles. The number of nitrogens with zero attached hydrogens (tertiary/aromatic N) is 2. The van der Waals surface area contributed by atoms with Crippen molar-refractivity contribution in [3.05, 3.63) is 0 Å². The number of hydrogen-bond donors (Lipinski definition) is 1. The highest BCUT2D eigenvalue weighted by atomic mass is 19.3. The third-order valence-electron chi connectivity index (χ3n) is 4.46. The molecule has 2 heterocycles. The van der Waals surface area contributed by atoms with Gasteiger partial charge in [-0.1, -0.05) is 0 Å². The molecule has 2 aliphatic heterocycles.